The third kappa shape index (κ3) is 1.45. The molecule has 2 rings (SSSR count). The Hall–Kier alpha value is -1.86. The molecular weight excluding hydrogens is 200 g/mol. The van der Waals surface area contributed by atoms with E-state index in [1.807, 2.05) is 18.2 Å². The minimum absolute atomic E-state index is 0.128. The molecule has 14 heavy (non-hydrogen) atoms. The lowest BCUT2D eigenvalue weighted by atomic mass is 10.2. The summed E-state index contributed by atoms with van der Waals surface area (Å²) in [7, 11) is 0. The molecule has 0 radical (unpaired) electrons. The maximum absolute atomic E-state index is 8.73. The maximum Gasteiger partial charge on any atom is 0.169 e. The second-order valence-corrected chi connectivity index (χ2v) is 2.99. The molecule has 0 atom stereocenters. The van der Waals surface area contributed by atoms with Gasteiger partial charge >= 0.3 is 0 Å². The van der Waals surface area contributed by atoms with Gasteiger partial charge < -0.3 is 4.98 Å². The van der Waals surface area contributed by atoms with Crippen molar-refractivity contribution in [2.24, 2.45) is 0 Å². The first-order valence-corrected chi connectivity index (χ1v) is 4.26. The second kappa shape index (κ2) is 3.48. The molecule has 0 aliphatic carbocycles. The van der Waals surface area contributed by atoms with Gasteiger partial charge in [0.25, 0.3) is 0 Å². The first-order chi connectivity index (χ1) is 6.81. The summed E-state index contributed by atoms with van der Waals surface area (Å²) in [4.78, 5) is 2.97. The van der Waals surface area contributed by atoms with E-state index in [-0.39, 0.29) is 5.15 Å². The first-order valence-electron chi connectivity index (χ1n) is 3.88. The van der Waals surface area contributed by atoms with Gasteiger partial charge in [-0.05, 0) is 18.2 Å². The standard InChI is InChI=1S/C9H5ClN4/c10-9-6(5-11)4-8(13-14-9)7-2-1-3-12-7/h1-4,12H. The summed E-state index contributed by atoms with van der Waals surface area (Å²) in [5, 5.41) is 16.4. The minimum Gasteiger partial charge on any atom is -0.360 e. The molecule has 2 heterocycles. The summed E-state index contributed by atoms with van der Waals surface area (Å²) >= 11 is 5.65. The topological polar surface area (TPSA) is 65.4 Å². The number of nitrogens with zero attached hydrogens (tertiary/aromatic N) is 3. The number of nitrogens with one attached hydrogen (secondary N) is 1. The van der Waals surface area contributed by atoms with E-state index in [0.717, 1.165) is 5.69 Å². The van der Waals surface area contributed by atoms with Gasteiger partial charge in [0.05, 0.1) is 11.3 Å². The molecule has 2 aromatic heterocycles. The molecule has 0 unspecified atom stereocenters. The predicted molar refractivity (Wildman–Crippen MR) is 51.5 cm³/mol. The van der Waals surface area contributed by atoms with Crippen LogP contribution in [0.15, 0.2) is 24.4 Å². The highest BCUT2D eigenvalue weighted by atomic mass is 35.5. The van der Waals surface area contributed by atoms with Crippen molar-refractivity contribution < 1.29 is 0 Å². The van der Waals surface area contributed by atoms with E-state index in [1.54, 1.807) is 12.3 Å². The summed E-state index contributed by atoms with van der Waals surface area (Å²) in [6.45, 7) is 0. The predicted octanol–water partition coefficient (Wildman–Crippen LogP) is 2.00. The lowest BCUT2D eigenvalue weighted by Crippen LogP contribution is -1.91. The Labute approximate surface area is 85.2 Å². The SMILES string of the molecule is N#Cc1cc(-c2ccc[nH]2)nnc1Cl. The van der Waals surface area contributed by atoms with Gasteiger partial charge in [-0.15, -0.1) is 10.2 Å². The zero-order chi connectivity index (χ0) is 9.97. The van der Waals surface area contributed by atoms with Crippen LogP contribution in [0.4, 0.5) is 0 Å². The van der Waals surface area contributed by atoms with E-state index >= 15 is 0 Å². The normalized spacial score (nSPS) is 9.71. The molecule has 0 amide bonds. The van der Waals surface area contributed by atoms with Crippen LogP contribution < -0.4 is 0 Å². The molecule has 0 aromatic carbocycles. The van der Waals surface area contributed by atoms with Crippen molar-refractivity contribution in [3.63, 3.8) is 0 Å². The van der Waals surface area contributed by atoms with Crippen LogP contribution in [-0.2, 0) is 0 Å². The fourth-order valence-electron chi connectivity index (χ4n) is 1.08. The molecule has 0 aliphatic heterocycles. The number of nitriles is 1. The Balaban J connectivity index is 2.53. The van der Waals surface area contributed by atoms with Crippen LogP contribution in [0.1, 0.15) is 5.56 Å². The fraction of sp³-hybridized carbons (Fsp3) is 0. The van der Waals surface area contributed by atoms with E-state index in [1.165, 1.54) is 0 Å². The van der Waals surface area contributed by atoms with Crippen molar-refractivity contribution in [1.82, 2.24) is 15.2 Å². The van der Waals surface area contributed by atoms with Crippen LogP contribution in [-0.4, -0.2) is 15.2 Å². The molecule has 5 heteroatoms. The summed E-state index contributed by atoms with van der Waals surface area (Å²) in [6.07, 6.45) is 1.78. The lowest BCUT2D eigenvalue weighted by Gasteiger charge is -1.97. The highest BCUT2D eigenvalue weighted by Gasteiger charge is 2.06. The third-order valence-corrected chi connectivity index (χ3v) is 2.02. The van der Waals surface area contributed by atoms with Crippen molar-refractivity contribution in [1.29, 1.82) is 5.26 Å². The van der Waals surface area contributed by atoms with Crippen LogP contribution in [0.25, 0.3) is 11.4 Å². The Kier molecular flexibility index (Phi) is 2.17. The summed E-state index contributed by atoms with van der Waals surface area (Å²) in [6, 6.07) is 7.24. The number of aromatic amines is 1. The zero-order valence-electron chi connectivity index (χ0n) is 7.03. The van der Waals surface area contributed by atoms with Crippen LogP contribution in [0.3, 0.4) is 0 Å². The quantitative estimate of drug-likeness (QED) is 0.773. The first kappa shape index (κ1) is 8.73. The molecule has 2 aromatic rings. The number of halogens is 1. The smallest absolute Gasteiger partial charge is 0.169 e. The lowest BCUT2D eigenvalue weighted by molar-refractivity contribution is 1.03. The summed E-state index contributed by atoms with van der Waals surface area (Å²) < 4.78 is 0. The Morgan fingerprint density at radius 1 is 1.43 bits per heavy atom. The van der Waals surface area contributed by atoms with Crippen molar-refractivity contribution in [2.75, 3.05) is 0 Å². The second-order valence-electron chi connectivity index (χ2n) is 2.63. The largest absolute Gasteiger partial charge is 0.360 e. The molecule has 0 fully saturated rings. The molecule has 68 valence electrons. The van der Waals surface area contributed by atoms with E-state index in [9.17, 15) is 0 Å². The molecule has 0 spiro atoms. The van der Waals surface area contributed by atoms with E-state index in [0.29, 0.717) is 11.3 Å². The number of rotatable bonds is 1. The van der Waals surface area contributed by atoms with Crippen molar-refractivity contribution in [3.8, 4) is 17.5 Å². The average Bonchev–Trinajstić information content (AvgIpc) is 2.71. The van der Waals surface area contributed by atoms with Crippen molar-refractivity contribution in [3.05, 3.63) is 35.1 Å². The number of H-pyrrole nitrogens is 1. The Bertz CT molecular complexity index is 484. The molecule has 0 saturated carbocycles. The minimum atomic E-state index is 0.128. The number of hydrogen-bond acceptors (Lipinski definition) is 3. The van der Waals surface area contributed by atoms with Crippen LogP contribution >= 0.6 is 11.6 Å². The molecule has 0 saturated heterocycles. The van der Waals surface area contributed by atoms with Gasteiger partial charge in [-0.25, -0.2) is 0 Å². The Morgan fingerprint density at radius 2 is 2.29 bits per heavy atom. The summed E-state index contributed by atoms with van der Waals surface area (Å²) in [5.74, 6) is 0. The van der Waals surface area contributed by atoms with Gasteiger partial charge in [0.15, 0.2) is 5.15 Å². The van der Waals surface area contributed by atoms with Crippen LogP contribution in [0, 0.1) is 11.3 Å². The highest BCUT2D eigenvalue weighted by Crippen LogP contribution is 2.18. The van der Waals surface area contributed by atoms with Gasteiger partial charge in [-0.2, -0.15) is 5.26 Å². The van der Waals surface area contributed by atoms with Gasteiger partial charge in [0.2, 0.25) is 0 Å². The summed E-state index contributed by atoms with van der Waals surface area (Å²) in [5.41, 5.74) is 1.74. The van der Waals surface area contributed by atoms with E-state index in [2.05, 4.69) is 15.2 Å². The van der Waals surface area contributed by atoms with E-state index < -0.39 is 0 Å². The van der Waals surface area contributed by atoms with Gasteiger partial charge in [0.1, 0.15) is 11.8 Å². The molecule has 4 nitrogen and oxygen atoms in total. The average molecular weight is 205 g/mol. The van der Waals surface area contributed by atoms with Crippen molar-refractivity contribution >= 4 is 11.6 Å². The van der Waals surface area contributed by atoms with Crippen LogP contribution in [0.5, 0.6) is 0 Å². The van der Waals surface area contributed by atoms with Gasteiger partial charge in [-0.3, -0.25) is 0 Å². The zero-order valence-corrected chi connectivity index (χ0v) is 7.78. The molecule has 0 bridgehead atoms. The molecular formula is C9H5ClN4. The van der Waals surface area contributed by atoms with Crippen molar-refractivity contribution in [2.45, 2.75) is 0 Å². The monoisotopic (exact) mass is 204 g/mol. The fourth-order valence-corrected chi connectivity index (χ4v) is 1.21. The molecule has 0 aliphatic rings. The van der Waals surface area contributed by atoms with Crippen LogP contribution in [0.2, 0.25) is 5.15 Å². The van der Waals surface area contributed by atoms with Gasteiger partial charge in [-0.1, -0.05) is 11.6 Å². The third-order valence-electron chi connectivity index (χ3n) is 1.74. The number of hydrogen-bond donors (Lipinski definition) is 1. The number of aromatic nitrogens is 3. The van der Waals surface area contributed by atoms with Gasteiger partial charge in [0, 0.05) is 6.20 Å². The molecule has 1 N–H and O–H groups in total. The maximum atomic E-state index is 8.73. The Morgan fingerprint density at radius 3 is 2.93 bits per heavy atom. The van der Waals surface area contributed by atoms with E-state index in [4.69, 9.17) is 16.9 Å². The highest BCUT2D eigenvalue weighted by molar-refractivity contribution is 6.30.